The van der Waals surface area contributed by atoms with Crippen LogP contribution >= 0.6 is 7.17 Å². The smallest absolute Gasteiger partial charge is 0.0930 e. The van der Waals surface area contributed by atoms with E-state index in [-0.39, 0.29) is 7.17 Å². The highest BCUT2D eigenvalue weighted by atomic mass is 31.1. The molecule has 10 heavy (non-hydrogen) atoms. The molecule has 0 aromatic rings. The van der Waals surface area contributed by atoms with Crippen LogP contribution in [0.5, 0.6) is 0 Å². The minimum absolute atomic E-state index is 0.300. The van der Waals surface area contributed by atoms with Crippen LogP contribution in [0.25, 0.3) is 0 Å². The van der Waals surface area contributed by atoms with Crippen molar-refractivity contribution in [3.05, 3.63) is 29.7 Å². The Hall–Kier alpha value is -1.03. The second-order valence-corrected chi connectivity index (χ2v) is 3.76. The molecule has 0 aromatic carbocycles. The van der Waals surface area contributed by atoms with Crippen LogP contribution in [-0.4, -0.2) is 17.5 Å². The van der Waals surface area contributed by atoms with Crippen LogP contribution in [0.3, 0.4) is 0 Å². The average molecular weight is 147 g/mol. The van der Waals surface area contributed by atoms with Crippen LogP contribution < -0.4 is 0 Å². The standard InChI is InChI=1S/C8H6NP/c1-2-6-10-7-3-5-9-8(10)4-1/h1-6H. The third-order valence-electron chi connectivity index (χ3n) is 1.33. The normalized spacial score (nSPS) is 22.8. The molecule has 2 heterocycles. The van der Waals surface area contributed by atoms with Crippen molar-refractivity contribution in [2.45, 2.75) is 0 Å². The summed E-state index contributed by atoms with van der Waals surface area (Å²) in [7, 11) is -0.300. The zero-order valence-electron chi connectivity index (χ0n) is 5.36. The molecule has 0 bridgehead atoms. The molecule has 0 aromatic heterocycles. The fourth-order valence-electron chi connectivity index (χ4n) is 0.876. The number of aliphatic imine (C=N–C) groups is 1. The fourth-order valence-corrected chi connectivity index (χ4v) is 2.18. The van der Waals surface area contributed by atoms with E-state index in [2.05, 4.69) is 22.3 Å². The Bertz CT molecular complexity index is 357. The zero-order chi connectivity index (χ0) is 6.81. The van der Waals surface area contributed by atoms with Gasteiger partial charge < -0.3 is 0 Å². The Labute approximate surface area is 60.1 Å². The fraction of sp³-hybridized carbons (Fsp3) is 0. The summed E-state index contributed by atoms with van der Waals surface area (Å²) in [4.78, 5) is 4.22. The maximum absolute atomic E-state index is 4.22. The third-order valence-corrected chi connectivity index (χ3v) is 2.99. The van der Waals surface area contributed by atoms with Gasteiger partial charge in [-0.05, 0) is 19.0 Å². The average Bonchev–Trinajstić information content (AvgIpc) is 2.05. The number of allylic oxidation sites excluding steroid dienone is 4. The van der Waals surface area contributed by atoms with Gasteiger partial charge in [0.25, 0.3) is 0 Å². The zero-order valence-corrected chi connectivity index (χ0v) is 6.25. The highest BCUT2D eigenvalue weighted by molar-refractivity contribution is 7.61. The molecule has 0 radical (unpaired) electrons. The van der Waals surface area contributed by atoms with Gasteiger partial charge in [0, 0.05) is 12.3 Å². The van der Waals surface area contributed by atoms with Crippen molar-refractivity contribution in [1.82, 2.24) is 0 Å². The molecule has 0 N–H and O–H groups in total. The lowest BCUT2D eigenvalue weighted by Crippen LogP contribution is -1.80. The van der Waals surface area contributed by atoms with Crippen LogP contribution in [0.1, 0.15) is 0 Å². The quantitative estimate of drug-likeness (QED) is 0.462. The predicted molar refractivity (Wildman–Crippen MR) is 48.3 cm³/mol. The SMILES string of the molecule is C1=CC=NC2=CC=CC=P=12. The van der Waals surface area contributed by atoms with E-state index in [4.69, 9.17) is 0 Å². The van der Waals surface area contributed by atoms with Crippen molar-refractivity contribution in [1.29, 1.82) is 0 Å². The third kappa shape index (κ3) is 0.863. The second kappa shape index (κ2) is 2.30. The highest BCUT2D eigenvalue weighted by Crippen LogP contribution is 2.25. The maximum atomic E-state index is 4.22. The van der Waals surface area contributed by atoms with E-state index in [1.54, 1.807) is 6.21 Å². The van der Waals surface area contributed by atoms with Crippen LogP contribution in [0, 0.1) is 0 Å². The minimum Gasteiger partial charge on any atom is -0.251 e. The van der Waals surface area contributed by atoms with Gasteiger partial charge in [-0.15, -0.1) is 0 Å². The van der Waals surface area contributed by atoms with Crippen LogP contribution in [0.15, 0.2) is 34.7 Å². The Morgan fingerprint density at radius 2 is 2.40 bits per heavy atom. The van der Waals surface area contributed by atoms with E-state index in [0.29, 0.717) is 0 Å². The lowest BCUT2D eigenvalue weighted by atomic mass is 10.5. The number of nitrogens with zero attached hydrogens (tertiary/aromatic N) is 1. The van der Waals surface area contributed by atoms with E-state index < -0.39 is 0 Å². The number of hydrogen-bond acceptors (Lipinski definition) is 1. The Balaban J connectivity index is 2.76. The molecule has 2 heteroatoms. The first-order valence-corrected chi connectivity index (χ1v) is 4.51. The van der Waals surface area contributed by atoms with Crippen molar-refractivity contribution in [3.63, 3.8) is 0 Å². The molecule has 0 saturated carbocycles. The van der Waals surface area contributed by atoms with Gasteiger partial charge in [-0.25, -0.2) is 0 Å². The monoisotopic (exact) mass is 147 g/mol. The Morgan fingerprint density at radius 3 is 3.30 bits per heavy atom. The van der Waals surface area contributed by atoms with Gasteiger partial charge in [0.05, 0.1) is 5.44 Å². The van der Waals surface area contributed by atoms with Gasteiger partial charge in [0.2, 0.25) is 0 Å². The molecular weight excluding hydrogens is 141 g/mol. The predicted octanol–water partition coefficient (Wildman–Crippen LogP) is 1.72. The molecule has 2 aliphatic heterocycles. The molecule has 0 spiro atoms. The van der Waals surface area contributed by atoms with Crippen molar-refractivity contribution in [2.75, 3.05) is 0 Å². The van der Waals surface area contributed by atoms with Gasteiger partial charge in [-0.3, -0.25) is 4.99 Å². The molecule has 0 aliphatic carbocycles. The summed E-state index contributed by atoms with van der Waals surface area (Å²) >= 11 is 0. The first kappa shape index (κ1) is 5.73. The summed E-state index contributed by atoms with van der Waals surface area (Å²) in [6.07, 6.45) is 9.79. The summed E-state index contributed by atoms with van der Waals surface area (Å²) in [6.45, 7) is 0. The van der Waals surface area contributed by atoms with Crippen LogP contribution in [-0.2, 0) is 0 Å². The summed E-state index contributed by atoms with van der Waals surface area (Å²) < 4.78 is 0. The first-order valence-electron chi connectivity index (χ1n) is 3.10. The van der Waals surface area contributed by atoms with E-state index >= 15 is 0 Å². The molecule has 0 amide bonds. The van der Waals surface area contributed by atoms with E-state index in [1.165, 1.54) is 0 Å². The largest absolute Gasteiger partial charge is 0.251 e. The van der Waals surface area contributed by atoms with Crippen LogP contribution in [0.2, 0.25) is 0 Å². The number of rotatable bonds is 0. The molecule has 2 aliphatic rings. The van der Waals surface area contributed by atoms with Gasteiger partial charge >= 0.3 is 0 Å². The van der Waals surface area contributed by atoms with Gasteiger partial charge in [-0.2, -0.15) is 0 Å². The van der Waals surface area contributed by atoms with Crippen molar-refractivity contribution >= 4 is 24.6 Å². The molecule has 1 atom stereocenters. The Morgan fingerprint density at radius 1 is 1.40 bits per heavy atom. The number of fused-ring (bicyclic) bond motifs is 1. The molecule has 0 fully saturated rings. The molecule has 1 nitrogen and oxygen atoms in total. The summed E-state index contributed by atoms with van der Waals surface area (Å²) in [5, 5.41) is 0. The van der Waals surface area contributed by atoms with Crippen molar-refractivity contribution in [2.24, 2.45) is 4.99 Å². The van der Waals surface area contributed by atoms with Gasteiger partial charge in [-0.1, -0.05) is 17.6 Å². The van der Waals surface area contributed by atoms with Gasteiger partial charge in [0.15, 0.2) is 0 Å². The maximum Gasteiger partial charge on any atom is 0.0930 e. The lowest BCUT2D eigenvalue weighted by molar-refractivity contribution is 1.54. The summed E-state index contributed by atoms with van der Waals surface area (Å²) in [6, 6.07) is 0. The molecule has 2 rings (SSSR count). The molecular formula is C8H6NP. The van der Waals surface area contributed by atoms with Crippen molar-refractivity contribution < 1.29 is 0 Å². The summed E-state index contributed by atoms with van der Waals surface area (Å²) in [5.41, 5.74) is 4.39. The van der Waals surface area contributed by atoms with E-state index in [0.717, 1.165) is 5.44 Å². The van der Waals surface area contributed by atoms with Gasteiger partial charge in [0.1, 0.15) is 0 Å². The first-order chi connectivity index (χ1) is 4.97. The Kier molecular flexibility index (Phi) is 1.32. The van der Waals surface area contributed by atoms with Crippen LogP contribution in [0.4, 0.5) is 0 Å². The highest BCUT2D eigenvalue weighted by Gasteiger charge is 1.94. The topological polar surface area (TPSA) is 12.4 Å². The van der Waals surface area contributed by atoms with E-state index in [1.807, 2.05) is 18.2 Å². The van der Waals surface area contributed by atoms with Crippen molar-refractivity contribution in [3.8, 4) is 0 Å². The summed E-state index contributed by atoms with van der Waals surface area (Å²) in [5.74, 6) is 2.15. The minimum atomic E-state index is -0.300. The number of hydrogen-bond donors (Lipinski definition) is 0. The lowest BCUT2D eigenvalue weighted by Gasteiger charge is -1.99. The molecule has 1 unspecified atom stereocenters. The molecule has 0 saturated heterocycles. The second-order valence-electron chi connectivity index (χ2n) is 2.00. The molecule has 48 valence electrons. The van der Waals surface area contributed by atoms with E-state index in [9.17, 15) is 0 Å².